The van der Waals surface area contributed by atoms with E-state index in [1.807, 2.05) is 42.5 Å². The van der Waals surface area contributed by atoms with Gasteiger partial charge in [0.15, 0.2) is 0 Å². The maximum Gasteiger partial charge on any atom is 0.230 e. The van der Waals surface area contributed by atoms with Gasteiger partial charge in [0.25, 0.3) is 0 Å². The molecule has 0 aromatic heterocycles. The average molecular weight is 284 g/mol. The topological polar surface area (TPSA) is 41.1 Å². The first-order chi connectivity index (χ1) is 10.1. The molecule has 2 rings (SSSR count). The summed E-state index contributed by atoms with van der Waals surface area (Å²) < 4.78 is 13.0. The molecule has 0 aliphatic heterocycles. The number of hydrogen-bond acceptors (Lipinski definition) is 2. The summed E-state index contributed by atoms with van der Waals surface area (Å²) in [5.41, 5.74) is 7.39. The third kappa shape index (κ3) is 4.85. The van der Waals surface area contributed by atoms with Crippen molar-refractivity contribution in [1.29, 1.82) is 0 Å². The maximum absolute atomic E-state index is 13.0. The van der Waals surface area contributed by atoms with Gasteiger partial charge in [0, 0.05) is 6.92 Å². The van der Waals surface area contributed by atoms with Gasteiger partial charge in [-0.1, -0.05) is 54.6 Å². The van der Waals surface area contributed by atoms with E-state index in [0.717, 1.165) is 11.1 Å². The summed E-state index contributed by atoms with van der Waals surface area (Å²) >= 11 is 0. The lowest BCUT2D eigenvalue weighted by atomic mass is 10.1. The molecule has 1 amide bonds. The van der Waals surface area contributed by atoms with Crippen LogP contribution in [0.5, 0.6) is 0 Å². The minimum atomic E-state index is -0.288. The van der Waals surface area contributed by atoms with E-state index in [1.165, 1.54) is 19.1 Å². The third-order valence-corrected chi connectivity index (χ3v) is 2.91. The maximum atomic E-state index is 13.0. The summed E-state index contributed by atoms with van der Waals surface area (Å²) in [5, 5.41) is 0. The Labute approximate surface area is 123 Å². The first-order valence-electron chi connectivity index (χ1n) is 6.66. The molecular formula is C17H17FN2O. The van der Waals surface area contributed by atoms with Crippen molar-refractivity contribution in [3.63, 3.8) is 0 Å². The minimum absolute atomic E-state index is 0.185. The fraction of sp³-hybridized carbons (Fsp3) is 0.118. The van der Waals surface area contributed by atoms with Crippen LogP contribution in [0.2, 0.25) is 0 Å². The van der Waals surface area contributed by atoms with Crippen molar-refractivity contribution in [3.05, 3.63) is 77.6 Å². The SMILES string of the molecule is CC(=O)NN[C@H](/C=C/c1ccccc1)c1ccc(F)cc1. The van der Waals surface area contributed by atoms with Gasteiger partial charge in [-0.15, -0.1) is 0 Å². The molecule has 0 fully saturated rings. The van der Waals surface area contributed by atoms with Crippen LogP contribution >= 0.6 is 0 Å². The Kier molecular flexibility index (Phi) is 5.23. The number of amides is 1. The summed E-state index contributed by atoms with van der Waals surface area (Å²) in [4.78, 5) is 11.1. The Hall–Kier alpha value is -2.46. The Morgan fingerprint density at radius 2 is 1.76 bits per heavy atom. The van der Waals surface area contributed by atoms with Crippen LogP contribution in [0, 0.1) is 5.82 Å². The molecule has 21 heavy (non-hydrogen) atoms. The van der Waals surface area contributed by atoms with Crippen molar-refractivity contribution >= 4 is 12.0 Å². The van der Waals surface area contributed by atoms with Crippen molar-refractivity contribution in [3.8, 4) is 0 Å². The molecule has 0 radical (unpaired) electrons. The number of halogens is 1. The highest BCUT2D eigenvalue weighted by Crippen LogP contribution is 2.16. The zero-order valence-corrected chi connectivity index (χ0v) is 11.7. The molecule has 2 aromatic carbocycles. The number of nitrogens with one attached hydrogen (secondary N) is 2. The predicted molar refractivity (Wildman–Crippen MR) is 81.6 cm³/mol. The van der Waals surface area contributed by atoms with Crippen molar-refractivity contribution in [2.45, 2.75) is 13.0 Å². The number of rotatable bonds is 5. The van der Waals surface area contributed by atoms with Crippen LogP contribution in [0.1, 0.15) is 24.1 Å². The van der Waals surface area contributed by atoms with E-state index in [9.17, 15) is 9.18 Å². The van der Waals surface area contributed by atoms with Gasteiger partial charge < -0.3 is 0 Å². The Balaban J connectivity index is 2.17. The van der Waals surface area contributed by atoms with Crippen LogP contribution in [0.3, 0.4) is 0 Å². The van der Waals surface area contributed by atoms with Gasteiger partial charge in [-0.2, -0.15) is 0 Å². The molecule has 0 heterocycles. The van der Waals surface area contributed by atoms with Crippen LogP contribution in [-0.4, -0.2) is 5.91 Å². The van der Waals surface area contributed by atoms with Crippen LogP contribution < -0.4 is 10.9 Å². The molecule has 0 saturated carbocycles. The van der Waals surface area contributed by atoms with Crippen LogP contribution in [0.15, 0.2) is 60.7 Å². The van der Waals surface area contributed by atoms with Crippen LogP contribution in [0.4, 0.5) is 4.39 Å². The molecule has 0 spiro atoms. The quantitative estimate of drug-likeness (QED) is 0.828. The van der Waals surface area contributed by atoms with E-state index in [2.05, 4.69) is 10.9 Å². The smallest absolute Gasteiger partial charge is 0.230 e. The van der Waals surface area contributed by atoms with E-state index >= 15 is 0 Å². The van der Waals surface area contributed by atoms with Gasteiger partial charge in [-0.3, -0.25) is 10.2 Å². The van der Waals surface area contributed by atoms with Gasteiger partial charge in [-0.25, -0.2) is 9.82 Å². The Bertz CT molecular complexity index is 608. The molecule has 1 atom stereocenters. The number of carbonyl (C=O) groups excluding carboxylic acids is 1. The van der Waals surface area contributed by atoms with Crippen molar-refractivity contribution in [1.82, 2.24) is 10.9 Å². The minimum Gasteiger partial charge on any atom is -0.291 e. The van der Waals surface area contributed by atoms with Crippen LogP contribution in [-0.2, 0) is 4.79 Å². The largest absolute Gasteiger partial charge is 0.291 e. The average Bonchev–Trinajstić information content (AvgIpc) is 2.49. The molecule has 0 bridgehead atoms. The monoisotopic (exact) mass is 284 g/mol. The highest BCUT2D eigenvalue weighted by molar-refractivity contribution is 5.72. The number of carbonyl (C=O) groups is 1. The fourth-order valence-electron chi connectivity index (χ4n) is 1.86. The van der Waals surface area contributed by atoms with E-state index in [1.54, 1.807) is 12.1 Å². The summed E-state index contributed by atoms with van der Waals surface area (Å²) in [6.07, 6.45) is 3.86. The summed E-state index contributed by atoms with van der Waals surface area (Å²) in [6.45, 7) is 1.43. The number of benzene rings is 2. The molecule has 2 aromatic rings. The molecule has 4 heteroatoms. The van der Waals surface area contributed by atoms with Crippen molar-refractivity contribution in [2.24, 2.45) is 0 Å². The summed E-state index contributed by atoms with van der Waals surface area (Å²) in [5.74, 6) is -0.473. The molecule has 3 nitrogen and oxygen atoms in total. The highest BCUT2D eigenvalue weighted by Gasteiger charge is 2.08. The Morgan fingerprint density at radius 3 is 2.38 bits per heavy atom. The van der Waals surface area contributed by atoms with Gasteiger partial charge in [0.05, 0.1) is 6.04 Å². The molecule has 2 N–H and O–H groups in total. The lowest BCUT2D eigenvalue weighted by Gasteiger charge is -2.15. The molecule has 0 saturated heterocycles. The van der Waals surface area contributed by atoms with Gasteiger partial charge in [-0.05, 0) is 23.3 Å². The lowest BCUT2D eigenvalue weighted by molar-refractivity contribution is -0.120. The zero-order chi connectivity index (χ0) is 15.1. The standard InChI is InChI=1S/C17H17FN2O/c1-13(21)19-20-17(15-8-10-16(18)11-9-15)12-7-14-5-3-2-4-6-14/h2-12,17,20H,1H3,(H,19,21)/b12-7+/t17-/m1/s1. The molecular weight excluding hydrogens is 267 g/mol. The van der Waals surface area contributed by atoms with Crippen molar-refractivity contribution in [2.75, 3.05) is 0 Å². The van der Waals surface area contributed by atoms with Crippen molar-refractivity contribution < 1.29 is 9.18 Å². The fourth-order valence-corrected chi connectivity index (χ4v) is 1.86. The van der Waals surface area contributed by atoms with Gasteiger partial charge in [0.1, 0.15) is 5.82 Å². The number of hydrogen-bond donors (Lipinski definition) is 2. The molecule has 108 valence electrons. The summed E-state index contributed by atoms with van der Waals surface area (Å²) in [7, 11) is 0. The van der Waals surface area contributed by atoms with E-state index in [0.29, 0.717) is 0 Å². The number of hydrazine groups is 1. The predicted octanol–water partition coefficient (Wildman–Crippen LogP) is 3.22. The molecule has 0 aliphatic rings. The van der Waals surface area contributed by atoms with E-state index in [-0.39, 0.29) is 17.8 Å². The zero-order valence-electron chi connectivity index (χ0n) is 11.7. The van der Waals surface area contributed by atoms with Crippen LogP contribution in [0.25, 0.3) is 6.08 Å². The molecule has 0 aliphatic carbocycles. The van der Waals surface area contributed by atoms with E-state index in [4.69, 9.17) is 0 Å². The van der Waals surface area contributed by atoms with Gasteiger partial charge in [0.2, 0.25) is 5.91 Å². The second-order valence-corrected chi connectivity index (χ2v) is 4.62. The normalized spacial score (nSPS) is 12.3. The second-order valence-electron chi connectivity index (χ2n) is 4.62. The first kappa shape index (κ1) is 14.9. The van der Waals surface area contributed by atoms with Gasteiger partial charge >= 0.3 is 0 Å². The Morgan fingerprint density at radius 1 is 1.10 bits per heavy atom. The highest BCUT2D eigenvalue weighted by atomic mass is 19.1. The van der Waals surface area contributed by atoms with E-state index < -0.39 is 0 Å². The third-order valence-electron chi connectivity index (χ3n) is 2.91. The second kappa shape index (κ2) is 7.36. The first-order valence-corrected chi connectivity index (χ1v) is 6.66. The summed E-state index contributed by atoms with van der Waals surface area (Å²) in [6, 6.07) is 15.7. The lowest BCUT2D eigenvalue weighted by Crippen LogP contribution is -2.37. The molecule has 0 unspecified atom stereocenters.